The van der Waals surface area contributed by atoms with Gasteiger partial charge in [-0.15, -0.1) is 0 Å². The van der Waals surface area contributed by atoms with Crippen molar-refractivity contribution in [3.8, 4) is 0 Å². The third kappa shape index (κ3) is 11.9. The Bertz CT molecular complexity index is 1750. The van der Waals surface area contributed by atoms with Gasteiger partial charge < -0.3 is 20.3 Å². The molecule has 0 heterocycles. The fourth-order valence-electron chi connectivity index (χ4n) is 5.08. The summed E-state index contributed by atoms with van der Waals surface area (Å²) in [5.41, 5.74) is 6.72. The lowest BCUT2D eigenvalue weighted by Crippen LogP contribution is -2.31. The highest BCUT2D eigenvalue weighted by Crippen LogP contribution is 2.24. The molecule has 2 amide bonds. The molecule has 0 unspecified atom stereocenters. The van der Waals surface area contributed by atoms with E-state index in [0.29, 0.717) is 11.4 Å². The van der Waals surface area contributed by atoms with Crippen LogP contribution in [0.3, 0.4) is 0 Å². The van der Waals surface area contributed by atoms with E-state index >= 15 is 0 Å². The number of nitrogens with two attached hydrogens (primary N) is 1. The van der Waals surface area contributed by atoms with E-state index in [0.717, 1.165) is 12.1 Å². The second kappa shape index (κ2) is 19.3. The SMILES string of the molecule is CC(C)CC(=O)N(Cc1ccc(C(=O)CN)cc1F)c1cccc(F)c1.COC(=O)c1ccc(CN(C(=O)CC(C)C)c2cccc(F)c2)c(F)c1. The monoisotopic (exact) mass is 721 g/mol. The largest absolute Gasteiger partial charge is 0.465 e. The quantitative estimate of drug-likeness (QED) is 0.0851. The number of anilines is 2. The lowest BCUT2D eigenvalue weighted by atomic mass is 10.1. The van der Waals surface area contributed by atoms with Gasteiger partial charge in [0.2, 0.25) is 11.8 Å². The van der Waals surface area contributed by atoms with Gasteiger partial charge in [0.15, 0.2) is 5.78 Å². The average Bonchev–Trinajstić information content (AvgIpc) is 3.09. The number of ketones is 1. The molecule has 276 valence electrons. The zero-order valence-corrected chi connectivity index (χ0v) is 29.8. The molecule has 4 rings (SSSR count). The predicted molar refractivity (Wildman–Crippen MR) is 192 cm³/mol. The number of nitrogens with zero attached hydrogens (tertiary/aromatic N) is 2. The molecule has 4 aromatic rings. The van der Waals surface area contributed by atoms with Gasteiger partial charge in [-0.25, -0.2) is 22.4 Å². The molecule has 0 radical (unpaired) electrons. The summed E-state index contributed by atoms with van der Waals surface area (Å²) in [5.74, 6) is -3.47. The Labute approximate surface area is 301 Å². The van der Waals surface area contributed by atoms with Crippen molar-refractivity contribution in [1.82, 2.24) is 0 Å². The lowest BCUT2D eigenvalue weighted by molar-refractivity contribution is -0.120. The molecule has 0 saturated heterocycles. The minimum absolute atomic E-state index is 0.0576. The van der Waals surface area contributed by atoms with Crippen LogP contribution in [-0.4, -0.2) is 37.2 Å². The van der Waals surface area contributed by atoms with Crippen molar-refractivity contribution < 1.29 is 41.5 Å². The predicted octanol–water partition coefficient (Wildman–Crippen LogP) is 8.02. The van der Waals surface area contributed by atoms with Crippen molar-refractivity contribution in [3.05, 3.63) is 130 Å². The first-order valence-electron chi connectivity index (χ1n) is 16.6. The molecule has 4 aromatic carbocycles. The summed E-state index contributed by atoms with van der Waals surface area (Å²) in [6.45, 7) is 7.26. The topological polar surface area (TPSA) is 110 Å². The summed E-state index contributed by atoms with van der Waals surface area (Å²) in [6.07, 6.45) is 0.500. The number of Topliss-reactive ketones (excluding diaryl/α,β-unsaturated/α-hetero) is 1. The molecule has 8 nitrogen and oxygen atoms in total. The van der Waals surface area contributed by atoms with E-state index in [-0.39, 0.29) is 84.2 Å². The third-order valence-corrected chi connectivity index (χ3v) is 7.70. The number of hydrogen-bond donors (Lipinski definition) is 1. The van der Waals surface area contributed by atoms with Gasteiger partial charge in [-0.1, -0.05) is 58.0 Å². The molecule has 0 aliphatic carbocycles. The Morgan fingerprint density at radius 1 is 0.635 bits per heavy atom. The Hall–Kier alpha value is -5.36. The lowest BCUT2D eigenvalue weighted by Gasteiger charge is -2.24. The van der Waals surface area contributed by atoms with Crippen molar-refractivity contribution in [3.63, 3.8) is 0 Å². The van der Waals surface area contributed by atoms with E-state index in [1.807, 2.05) is 27.7 Å². The highest BCUT2D eigenvalue weighted by atomic mass is 19.1. The van der Waals surface area contributed by atoms with Gasteiger partial charge in [-0.3, -0.25) is 14.4 Å². The Kier molecular flexibility index (Phi) is 15.2. The molecule has 0 aromatic heterocycles. The second-order valence-electron chi connectivity index (χ2n) is 12.8. The summed E-state index contributed by atoms with van der Waals surface area (Å²) in [6, 6.07) is 19.2. The van der Waals surface area contributed by atoms with Gasteiger partial charge in [0.05, 0.1) is 32.3 Å². The number of carbonyl (C=O) groups is 4. The number of methoxy groups -OCH3 is 1. The van der Waals surface area contributed by atoms with Crippen molar-refractivity contribution in [2.24, 2.45) is 17.6 Å². The minimum Gasteiger partial charge on any atom is -0.465 e. The molecule has 12 heteroatoms. The van der Waals surface area contributed by atoms with E-state index in [2.05, 4.69) is 4.74 Å². The maximum Gasteiger partial charge on any atom is 0.337 e. The van der Waals surface area contributed by atoms with Gasteiger partial charge in [0, 0.05) is 40.9 Å². The second-order valence-corrected chi connectivity index (χ2v) is 12.8. The average molecular weight is 722 g/mol. The standard InChI is InChI=1S/C20H22F2N2O2.C20H21F2NO3/c1-13(2)8-20(26)24(17-5-3-4-16(21)10-17)12-15-7-6-14(9-18(15)22)19(25)11-23;1-13(2)9-19(24)23(17-6-4-5-16(21)11-17)12-15-8-7-14(10-18(15)22)20(25)26-3/h3-7,9-10,13H,8,11-12,23H2,1-2H3;4-8,10-11,13H,9,12H2,1-3H3. The fourth-order valence-corrected chi connectivity index (χ4v) is 5.08. The van der Waals surface area contributed by atoms with Crippen LogP contribution >= 0.6 is 0 Å². The number of ether oxygens (including phenoxy) is 1. The number of esters is 1. The van der Waals surface area contributed by atoms with Gasteiger partial charge in [-0.2, -0.15) is 0 Å². The number of halogens is 4. The molecule has 52 heavy (non-hydrogen) atoms. The van der Waals surface area contributed by atoms with Crippen molar-refractivity contribution in [2.75, 3.05) is 23.5 Å². The minimum atomic E-state index is -0.645. The van der Waals surface area contributed by atoms with Crippen LogP contribution in [0.1, 0.15) is 72.4 Å². The molecule has 2 N–H and O–H groups in total. The fraction of sp³-hybridized carbons (Fsp3) is 0.300. The first-order chi connectivity index (χ1) is 24.6. The van der Waals surface area contributed by atoms with E-state index in [4.69, 9.17) is 5.73 Å². The number of rotatable bonds is 13. The summed E-state index contributed by atoms with van der Waals surface area (Å²) in [7, 11) is 1.21. The highest BCUT2D eigenvalue weighted by molar-refractivity contribution is 5.98. The zero-order chi connectivity index (χ0) is 38.5. The third-order valence-electron chi connectivity index (χ3n) is 7.70. The Balaban J connectivity index is 0.000000280. The Morgan fingerprint density at radius 2 is 1.06 bits per heavy atom. The van der Waals surface area contributed by atoms with E-state index in [1.165, 1.54) is 77.6 Å². The maximum absolute atomic E-state index is 14.4. The van der Waals surface area contributed by atoms with Crippen molar-refractivity contribution >= 4 is 34.9 Å². The van der Waals surface area contributed by atoms with Crippen LogP contribution in [0, 0.1) is 35.1 Å². The normalized spacial score (nSPS) is 10.8. The van der Waals surface area contributed by atoms with Crippen LogP contribution in [0.4, 0.5) is 28.9 Å². The summed E-state index contributed by atoms with van der Waals surface area (Å²) in [4.78, 5) is 51.0. The Morgan fingerprint density at radius 3 is 1.42 bits per heavy atom. The summed E-state index contributed by atoms with van der Waals surface area (Å²) >= 11 is 0. The van der Waals surface area contributed by atoms with Crippen molar-refractivity contribution in [1.29, 1.82) is 0 Å². The van der Waals surface area contributed by atoms with E-state index in [9.17, 15) is 36.7 Å². The zero-order valence-electron chi connectivity index (χ0n) is 29.8. The molecule has 0 spiro atoms. The molecule has 0 bridgehead atoms. The van der Waals surface area contributed by atoms with Crippen LogP contribution in [-0.2, 0) is 27.4 Å². The first-order valence-corrected chi connectivity index (χ1v) is 16.6. The number of hydrogen-bond acceptors (Lipinski definition) is 6. The van der Waals surface area contributed by atoms with E-state index in [1.54, 1.807) is 12.1 Å². The summed E-state index contributed by atoms with van der Waals surface area (Å²) < 4.78 is 60.6. The number of amides is 2. The molecular weight excluding hydrogens is 678 g/mol. The van der Waals surface area contributed by atoms with Crippen LogP contribution in [0.25, 0.3) is 0 Å². The molecule has 0 atom stereocenters. The maximum atomic E-state index is 14.4. The van der Waals surface area contributed by atoms with E-state index < -0.39 is 29.2 Å². The number of benzene rings is 4. The van der Waals surface area contributed by atoms with Gasteiger partial charge in [0.1, 0.15) is 23.3 Å². The molecule has 0 fully saturated rings. The molecule has 0 aliphatic rings. The highest BCUT2D eigenvalue weighted by Gasteiger charge is 2.22. The van der Waals surface area contributed by atoms with Crippen LogP contribution in [0.5, 0.6) is 0 Å². The smallest absolute Gasteiger partial charge is 0.337 e. The van der Waals surface area contributed by atoms with Gasteiger partial charge in [-0.05, 0) is 66.4 Å². The van der Waals surface area contributed by atoms with Gasteiger partial charge in [0.25, 0.3) is 0 Å². The van der Waals surface area contributed by atoms with Crippen molar-refractivity contribution in [2.45, 2.75) is 53.6 Å². The molecule has 0 saturated carbocycles. The first kappa shape index (κ1) is 41.1. The molecular formula is C40H43F4N3O5. The van der Waals surface area contributed by atoms with Crippen LogP contribution < -0.4 is 15.5 Å². The number of carbonyl (C=O) groups excluding carboxylic acids is 4. The van der Waals surface area contributed by atoms with Crippen LogP contribution in [0.2, 0.25) is 0 Å². The molecule has 0 aliphatic heterocycles. The summed E-state index contributed by atoms with van der Waals surface area (Å²) in [5, 5.41) is 0. The van der Waals surface area contributed by atoms with Gasteiger partial charge >= 0.3 is 5.97 Å². The van der Waals surface area contributed by atoms with Crippen LogP contribution in [0.15, 0.2) is 84.9 Å².